The summed E-state index contributed by atoms with van der Waals surface area (Å²) in [6, 6.07) is 16.0. The largest absolute Gasteiger partial charge is 0.382 e. The molecule has 0 saturated heterocycles. The second-order valence-electron chi connectivity index (χ2n) is 5.29. The first-order valence-electron chi connectivity index (χ1n) is 6.90. The van der Waals surface area contributed by atoms with Crippen LogP contribution in [0.25, 0.3) is 0 Å². The van der Waals surface area contributed by atoms with Crippen molar-refractivity contribution >= 4 is 17.4 Å². The van der Waals surface area contributed by atoms with Gasteiger partial charge in [-0.3, -0.25) is 0 Å². The molecule has 1 nitrogen and oxygen atoms in total. The molecule has 2 aromatic carbocycles. The maximum absolute atomic E-state index is 12.9. The molecule has 0 aromatic heterocycles. The average Bonchev–Trinajstić information content (AvgIpc) is 2.44. The Labute approximate surface area is 123 Å². The van der Waals surface area contributed by atoms with Crippen LogP contribution in [0, 0.1) is 5.82 Å². The molecule has 1 aliphatic carbocycles. The molecule has 3 heteroatoms. The summed E-state index contributed by atoms with van der Waals surface area (Å²) in [5, 5.41) is 3.58. The standard InChI is InChI=1S/C17H18FNS/c1-20-17-4-2-3-15(11-17)19-16-9-13(10-16)12-5-7-14(18)8-6-12/h2-8,11,13,16,19H,9-10H2,1H3. The molecule has 0 bridgehead atoms. The lowest BCUT2D eigenvalue weighted by atomic mass is 9.76. The molecule has 20 heavy (non-hydrogen) atoms. The van der Waals surface area contributed by atoms with E-state index in [1.807, 2.05) is 12.1 Å². The Morgan fingerprint density at radius 1 is 1.10 bits per heavy atom. The fraction of sp³-hybridized carbons (Fsp3) is 0.294. The molecule has 3 rings (SSSR count). The summed E-state index contributed by atoms with van der Waals surface area (Å²) in [7, 11) is 0. The third-order valence-electron chi connectivity index (χ3n) is 3.92. The summed E-state index contributed by atoms with van der Waals surface area (Å²) < 4.78 is 12.9. The van der Waals surface area contributed by atoms with Crippen molar-refractivity contribution in [3.8, 4) is 0 Å². The number of thioether (sulfide) groups is 1. The lowest BCUT2D eigenvalue weighted by Crippen LogP contribution is -2.33. The Bertz CT molecular complexity index is 576. The van der Waals surface area contributed by atoms with Crippen LogP contribution in [0.3, 0.4) is 0 Å². The maximum atomic E-state index is 12.9. The SMILES string of the molecule is CSc1cccc(NC2CC(c3ccc(F)cc3)C2)c1. The number of rotatable bonds is 4. The predicted molar refractivity (Wildman–Crippen MR) is 84.0 cm³/mol. The van der Waals surface area contributed by atoms with Gasteiger partial charge in [0.05, 0.1) is 0 Å². The Morgan fingerprint density at radius 3 is 2.55 bits per heavy atom. The molecule has 1 fully saturated rings. The van der Waals surface area contributed by atoms with Crippen LogP contribution in [0.15, 0.2) is 53.4 Å². The van der Waals surface area contributed by atoms with E-state index in [1.54, 1.807) is 23.9 Å². The van der Waals surface area contributed by atoms with Gasteiger partial charge in [0.2, 0.25) is 0 Å². The molecule has 1 N–H and O–H groups in total. The van der Waals surface area contributed by atoms with E-state index in [-0.39, 0.29) is 5.82 Å². The van der Waals surface area contributed by atoms with Gasteiger partial charge >= 0.3 is 0 Å². The molecule has 0 atom stereocenters. The first-order valence-corrected chi connectivity index (χ1v) is 8.13. The number of hydrogen-bond donors (Lipinski definition) is 1. The van der Waals surface area contributed by atoms with E-state index in [0.29, 0.717) is 12.0 Å². The smallest absolute Gasteiger partial charge is 0.123 e. The van der Waals surface area contributed by atoms with Crippen molar-refractivity contribution in [1.29, 1.82) is 0 Å². The highest BCUT2D eigenvalue weighted by atomic mass is 32.2. The Hall–Kier alpha value is -1.48. The Balaban J connectivity index is 1.56. The van der Waals surface area contributed by atoms with Crippen molar-refractivity contribution in [3.05, 3.63) is 59.9 Å². The van der Waals surface area contributed by atoms with Crippen molar-refractivity contribution in [1.82, 2.24) is 0 Å². The molecular weight excluding hydrogens is 269 g/mol. The quantitative estimate of drug-likeness (QED) is 0.802. The molecule has 0 aliphatic heterocycles. The van der Waals surface area contributed by atoms with E-state index in [1.165, 1.54) is 16.1 Å². The van der Waals surface area contributed by atoms with E-state index in [9.17, 15) is 4.39 Å². The van der Waals surface area contributed by atoms with Crippen molar-refractivity contribution in [3.63, 3.8) is 0 Å². The molecule has 1 aliphatic rings. The van der Waals surface area contributed by atoms with Crippen molar-refractivity contribution in [2.45, 2.75) is 29.7 Å². The number of hydrogen-bond acceptors (Lipinski definition) is 2. The van der Waals surface area contributed by atoms with Crippen LogP contribution in [-0.4, -0.2) is 12.3 Å². The van der Waals surface area contributed by atoms with Gasteiger partial charge in [0, 0.05) is 16.6 Å². The summed E-state index contributed by atoms with van der Waals surface area (Å²) in [5.41, 5.74) is 2.45. The monoisotopic (exact) mass is 287 g/mol. The zero-order valence-corrected chi connectivity index (χ0v) is 12.3. The molecule has 1 saturated carbocycles. The van der Waals surface area contributed by atoms with Crippen LogP contribution in [0.4, 0.5) is 10.1 Å². The van der Waals surface area contributed by atoms with Gasteiger partial charge in [-0.15, -0.1) is 11.8 Å². The van der Waals surface area contributed by atoms with Crippen molar-refractivity contribution < 1.29 is 4.39 Å². The fourth-order valence-electron chi connectivity index (χ4n) is 2.69. The van der Waals surface area contributed by atoms with Gasteiger partial charge in [0.25, 0.3) is 0 Å². The minimum Gasteiger partial charge on any atom is -0.382 e. The molecule has 2 aromatic rings. The summed E-state index contributed by atoms with van der Waals surface area (Å²) in [5.74, 6) is 0.411. The maximum Gasteiger partial charge on any atom is 0.123 e. The molecule has 0 heterocycles. The third kappa shape index (κ3) is 2.98. The molecule has 0 spiro atoms. The molecule has 0 radical (unpaired) electrons. The van der Waals surface area contributed by atoms with Crippen molar-refractivity contribution in [2.75, 3.05) is 11.6 Å². The zero-order valence-electron chi connectivity index (χ0n) is 11.5. The summed E-state index contributed by atoms with van der Waals surface area (Å²) >= 11 is 1.76. The van der Waals surface area contributed by atoms with Crippen LogP contribution in [0.5, 0.6) is 0 Å². The number of halogens is 1. The molecule has 104 valence electrons. The van der Waals surface area contributed by atoms with Gasteiger partial charge in [-0.05, 0) is 60.9 Å². The van der Waals surface area contributed by atoms with Gasteiger partial charge in [0.15, 0.2) is 0 Å². The van der Waals surface area contributed by atoms with Gasteiger partial charge in [-0.2, -0.15) is 0 Å². The minimum atomic E-state index is -0.156. The van der Waals surface area contributed by atoms with E-state index in [0.717, 1.165) is 12.8 Å². The summed E-state index contributed by atoms with van der Waals surface area (Å²) in [6.45, 7) is 0. The highest BCUT2D eigenvalue weighted by Crippen LogP contribution is 2.38. The second-order valence-corrected chi connectivity index (χ2v) is 6.17. The zero-order chi connectivity index (χ0) is 13.9. The predicted octanol–water partition coefficient (Wildman–Crippen LogP) is 4.91. The third-order valence-corrected chi connectivity index (χ3v) is 4.65. The number of anilines is 1. The van der Waals surface area contributed by atoms with Gasteiger partial charge in [-0.1, -0.05) is 18.2 Å². The van der Waals surface area contributed by atoms with Gasteiger partial charge < -0.3 is 5.32 Å². The molecule has 0 amide bonds. The fourth-order valence-corrected chi connectivity index (χ4v) is 3.15. The van der Waals surface area contributed by atoms with Crippen LogP contribution >= 0.6 is 11.8 Å². The van der Waals surface area contributed by atoms with Crippen LogP contribution in [0.2, 0.25) is 0 Å². The van der Waals surface area contributed by atoms with E-state index < -0.39 is 0 Å². The van der Waals surface area contributed by atoms with E-state index in [2.05, 4.69) is 35.8 Å². The summed E-state index contributed by atoms with van der Waals surface area (Å²) in [6.07, 6.45) is 4.33. The minimum absolute atomic E-state index is 0.156. The van der Waals surface area contributed by atoms with Crippen LogP contribution < -0.4 is 5.32 Å². The summed E-state index contributed by atoms with van der Waals surface area (Å²) in [4.78, 5) is 1.28. The molecule has 0 unspecified atom stereocenters. The lowest BCUT2D eigenvalue weighted by molar-refractivity contribution is 0.374. The second kappa shape index (κ2) is 5.88. The average molecular weight is 287 g/mol. The van der Waals surface area contributed by atoms with Crippen molar-refractivity contribution in [2.24, 2.45) is 0 Å². The molecular formula is C17H18FNS. The topological polar surface area (TPSA) is 12.0 Å². The number of benzene rings is 2. The highest BCUT2D eigenvalue weighted by molar-refractivity contribution is 7.98. The van der Waals surface area contributed by atoms with Crippen LogP contribution in [-0.2, 0) is 0 Å². The normalized spacial score (nSPS) is 21.3. The highest BCUT2D eigenvalue weighted by Gasteiger charge is 2.30. The van der Waals surface area contributed by atoms with E-state index >= 15 is 0 Å². The van der Waals surface area contributed by atoms with Gasteiger partial charge in [-0.25, -0.2) is 4.39 Å². The van der Waals surface area contributed by atoms with Crippen LogP contribution in [0.1, 0.15) is 24.3 Å². The number of nitrogens with one attached hydrogen (secondary N) is 1. The Kier molecular flexibility index (Phi) is 3.97. The first-order chi connectivity index (χ1) is 9.74. The first kappa shape index (κ1) is 13.5. The van der Waals surface area contributed by atoms with E-state index in [4.69, 9.17) is 0 Å². The Morgan fingerprint density at radius 2 is 1.85 bits per heavy atom. The van der Waals surface area contributed by atoms with Gasteiger partial charge in [0.1, 0.15) is 5.82 Å². The lowest BCUT2D eigenvalue weighted by Gasteiger charge is -2.37.